The molecule has 1 atom stereocenters. The van der Waals surface area contributed by atoms with E-state index >= 15 is 0 Å². The van der Waals surface area contributed by atoms with Gasteiger partial charge in [-0.1, -0.05) is 12.1 Å². The van der Waals surface area contributed by atoms with E-state index in [9.17, 15) is 25.2 Å². The quantitative estimate of drug-likeness (QED) is 0.668. The zero-order valence-electron chi connectivity index (χ0n) is 14.7. The second-order valence-corrected chi connectivity index (χ2v) is 7.24. The molecular weight excluding hydrogens is 336 g/mol. The monoisotopic (exact) mass is 358 g/mol. The number of benzene rings is 2. The summed E-state index contributed by atoms with van der Waals surface area (Å²) in [5.74, 6) is -0.520. The smallest absolute Gasteiger partial charge is 0.174 e. The van der Waals surface area contributed by atoms with E-state index in [0.29, 0.717) is 17.5 Å². The van der Waals surface area contributed by atoms with Crippen molar-refractivity contribution in [3.8, 4) is 23.0 Å². The number of hydrogen-bond acceptors (Lipinski definition) is 6. The highest BCUT2D eigenvalue weighted by Gasteiger charge is 2.34. The SMILES string of the molecule is CC(C)(O)CCc1c(O)cc(O)c2c1O[C@H](c1ccc(O)cc1)CC2=O. The van der Waals surface area contributed by atoms with Crippen LogP contribution in [0.25, 0.3) is 0 Å². The van der Waals surface area contributed by atoms with Gasteiger partial charge in [0.15, 0.2) is 5.78 Å². The topological polar surface area (TPSA) is 107 Å². The van der Waals surface area contributed by atoms with Crippen molar-refractivity contribution in [3.63, 3.8) is 0 Å². The maximum absolute atomic E-state index is 12.6. The Kier molecular flexibility index (Phi) is 4.54. The minimum Gasteiger partial charge on any atom is -0.508 e. The van der Waals surface area contributed by atoms with Gasteiger partial charge in [-0.3, -0.25) is 4.79 Å². The fraction of sp³-hybridized carbons (Fsp3) is 0.350. The predicted molar refractivity (Wildman–Crippen MR) is 94.8 cm³/mol. The number of aliphatic hydroxyl groups is 1. The van der Waals surface area contributed by atoms with Crippen molar-refractivity contribution in [1.29, 1.82) is 0 Å². The molecule has 0 radical (unpaired) electrons. The third kappa shape index (κ3) is 3.60. The Hall–Kier alpha value is -2.73. The van der Waals surface area contributed by atoms with Crippen LogP contribution in [-0.2, 0) is 6.42 Å². The summed E-state index contributed by atoms with van der Waals surface area (Å²) in [5, 5.41) is 39.8. The number of aromatic hydroxyl groups is 3. The molecule has 6 nitrogen and oxygen atoms in total. The van der Waals surface area contributed by atoms with Gasteiger partial charge in [0.25, 0.3) is 0 Å². The number of Topliss-reactive ketones (excluding diaryl/α,β-unsaturated/α-hetero) is 1. The molecule has 0 fully saturated rings. The fourth-order valence-corrected chi connectivity index (χ4v) is 3.07. The summed E-state index contributed by atoms with van der Waals surface area (Å²) in [5.41, 5.74) is 0.199. The van der Waals surface area contributed by atoms with Crippen molar-refractivity contribution in [1.82, 2.24) is 0 Å². The summed E-state index contributed by atoms with van der Waals surface area (Å²) in [4.78, 5) is 12.6. The average molecular weight is 358 g/mol. The lowest BCUT2D eigenvalue weighted by molar-refractivity contribution is 0.0706. The second-order valence-electron chi connectivity index (χ2n) is 7.24. The van der Waals surface area contributed by atoms with Gasteiger partial charge in [-0.15, -0.1) is 0 Å². The molecule has 0 amide bonds. The number of rotatable bonds is 4. The molecule has 1 aliphatic rings. The second kappa shape index (κ2) is 6.53. The van der Waals surface area contributed by atoms with Crippen LogP contribution in [0.4, 0.5) is 0 Å². The van der Waals surface area contributed by atoms with Gasteiger partial charge >= 0.3 is 0 Å². The zero-order valence-corrected chi connectivity index (χ0v) is 14.7. The maximum Gasteiger partial charge on any atom is 0.174 e. The Morgan fingerprint density at radius 2 is 1.77 bits per heavy atom. The summed E-state index contributed by atoms with van der Waals surface area (Å²) in [6.45, 7) is 3.31. The summed E-state index contributed by atoms with van der Waals surface area (Å²) >= 11 is 0. The number of hydrogen-bond donors (Lipinski definition) is 4. The van der Waals surface area contributed by atoms with E-state index in [1.165, 1.54) is 12.1 Å². The first kappa shape index (κ1) is 18.1. The van der Waals surface area contributed by atoms with E-state index in [-0.39, 0.29) is 47.2 Å². The van der Waals surface area contributed by atoms with Crippen molar-refractivity contribution in [2.45, 2.75) is 44.8 Å². The van der Waals surface area contributed by atoms with Crippen LogP contribution in [0.2, 0.25) is 0 Å². The Balaban J connectivity index is 2.02. The Morgan fingerprint density at radius 3 is 2.38 bits per heavy atom. The molecule has 3 rings (SSSR count). The molecule has 6 heteroatoms. The number of phenolic OH excluding ortho intramolecular Hbond substituents is 3. The third-order valence-corrected chi connectivity index (χ3v) is 4.50. The maximum atomic E-state index is 12.6. The van der Waals surface area contributed by atoms with Crippen LogP contribution < -0.4 is 4.74 Å². The molecule has 0 saturated carbocycles. The zero-order chi connectivity index (χ0) is 19.1. The van der Waals surface area contributed by atoms with Gasteiger partial charge in [0.1, 0.15) is 34.7 Å². The van der Waals surface area contributed by atoms with Crippen molar-refractivity contribution in [3.05, 3.63) is 47.0 Å². The first-order valence-electron chi connectivity index (χ1n) is 8.44. The lowest BCUT2D eigenvalue weighted by Gasteiger charge is -2.29. The Labute approximate surface area is 151 Å². The lowest BCUT2D eigenvalue weighted by Crippen LogP contribution is -2.23. The highest BCUT2D eigenvalue weighted by Crippen LogP contribution is 2.46. The molecule has 138 valence electrons. The van der Waals surface area contributed by atoms with E-state index in [1.807, 2.05) is 0 Å². The predicted octanol–water partition coefficient (Wildman–Crippen LogP) is 3.21. The van der Waals surface area contributed by atoms with Crippen LogP contribution in [0, 0.1) is 0 Å². The van der Waals surface area contributed by atoms with Crippen LogP contribution >= 0.6 is 0 Å². The van der Waals surface area contributed by atoms with E-state index in [0.717, 1.165) is 6.07 Å². The highest BCUT2D eigenvalue weighted by atomic mass is 16.5. The van der Waals surface area contributed by atoms with Crippen molar-refractivity contribution < 1.29 is 30.0 Å². The fourth-order valence-electron chi connectivity index (χ4n) is 3.07. The molecule has 26 heavy (non-hydrogen) atoms. The number of ether oxygens (including phenoxy) is 1. The van der Waals surface area contributed by atoms with Gasteiger partial charge in [-0.05, 0) is 44.4 Å². The molecule has 0 bridgehead atoms. The first-order chi connectivity index (χ1) is 12.2. The Bertz CT molecular complexity index is 833. The van der Waals surface area contributed by atoms with Gasteiger partial charge in [-0.2, -0.15) is 0 Å². The minimum atomic E-state index is -0.952. The summed E-state index contributed by atoms with van der Waals surface area (Å²) in [6, 6.07) is 7.48. The molecule has 0 unspecified atom stereocenters. The van der Waals surface area contributed by atoms with Crippen LogP contribution in [0.5, 0.6) is 23.0 Å². The van der Waals surface area contributed by atoms with Crippen LogP contribution in [0.15, 0.2) is 30.3 Å². The normalized spacial score (nSPS) is 16.9. The van der Waals surface area contributed by atoms with Crippen LogP contribution in [0.3, 0.4) is 0 Å². The molecule has 4 N–H and O–H groups in total. The summed E-state index contributed by atoms with van der Waals surface area (Å²) in [7, 11) is 0. The molecule has 0 aliphatic carbocycles. The largest absolute Gasteiger partial charge is 0.508 e. The number of phenols is 3. The number of carbonyl (C=O) groups excluding carboxylic acids is 1. The number of carbonyl (C=O) groups is 1. The van der Waals surface area contributed by atoms with Crippen LogP contribution in [-0.4, -0.2) is 31.8 Å². The molecule has 2 aromatic rings. The van der Waals surface area contributed by atoms with E-state index < -0.39 is 11.7 Å². The van der Waals surface area contributed by atoms with Gasteiger partial charge in [-0.25, -0.2) is 0 Å². The Morgan fingerprint density at radius 1 is 1.12 bits per heavy atom. The van der Waals surface area contributed by atoms with Gasteiger partial charge in [0, 0.05) is 11.6 Å². The molecule has 1 heterocycles. The average Bonchev–Trinajstić information content (AvgIpc) is 2.53. The van der Waals surface area contributed by atoms with Crippen molar-refractivity contribution >= 4 is 5.78 Å². The third-order valence-electron chi connectivity index (χ3n) is 4.50. The van der Waals surface area contributed by atoms with E-state index in [1.54, 1.807) is 26.0 Å². The molecular formula is C20H22O6. The van der Waals surface area contributed by atoms with Gasteiger partial charge < -0.3 is 25.2 Å². The number of ketones is 1. The highest BCUT2D eigenvalue weighted by molar-refractivity contribution is 6.03. The molecule has 2 aromatic carbocycles. The number of fused-ring (bicyclic) bond motifs is 1. The standard InChI is InChI=1S/C20H22O6/c1-20(2,25)8-7-13-14(22)9-15(23)18-16(24)10-17(26-19(13)18)11-3-5-12(21)6-4-11/h3-6,9,17,21-23,25H,7-8,10H2,1-2H3/t17-/m0/s1. The molecule has 0 saturated heterocycles. The van der Waals surface area contributed by atoms with Crippen molar-refractivity contribution in [2.75, 3.05) is 0 Å². The molecule has 0 aromatic heterocycles. The van der Waals surface area contributed by atoms with Crippen LogP contribution in [0.1, 0.15) is 54.3 Å². The van der Waals surface area contributed by atoms with E-state index in [4.69, 9.17) is 4.74 Å². The molecule has 1 aliphatic heterocycles. The minimum absolute atomic E-state index is 0.0427. The summed E-state index contributed by atoms with van der Waals surface area (Å²) < 4.78 is 5.98. The van der Waals surface area contributed by atoms with E-state index in [2.05, 4.69) is 0 Å². The van der Waals surface area contributed by atoms with Gasteiger partial charge in [0.05, 0.1) is 12.0 Å². The lowest BCUT2D eigenvalue weighted by atomic mass is 9.90. The van der Waals surface area contributed by atoms with Crippen molar-refractivity contribution in [2.24, 2.45) is 0 Å². The van der Waals surface area contributed by atoms with Gasteiger partial charge in [0.2, 0.25) is 0 Å². The molecule has 0 spiro atoms. The summed E-state index contributed by atoms with van der Waals surface area (Å²) in [6.07, 6.45) is 0.0889. The first-order valence-corrected chi connectivity index (χ1v) is 8.44.